The minimum Gasteiger partial charge on any atom is -0.395 e. The van der Waals surface area contributed by atoms with Crippen LogP contribution in [0.15, 0.2) is 60.7 Å². The molecule has 1 atom stereocenters. The summed E-state index contributed by atoms with van der Waals surface area (Å²) >= 11 is 0. The van der Waals surface area contributed by atoms with Crippen LogP contribution in [0.5, 0.6) is 11.5 Å². The van der Waals surface area contributed by atoms with E-state index in [1.165, 1.54) is 42.5 Å². The maximum atomic E-state index is 13.9. The predicted molar refractivity (Wildman–Crippen MR) is 125 cm³/mol. The van der Waals surface area contributed by atoms with Gasteiger partial charge in [-0.25, -0.2) is 4.98 Å². The fourth-order valence-electron chi connectivity index (χ4n) is 4.23. The van der Waals surface area contributed by atoms with Crippen molar-refractivity contribution < 1.29 is 41.3 Å². The number of rotatable bonds is 6. The number of hydrogen-bond donors (Lipinski definition) is 2. The number of benzene rings is 3. The molecule has 0 saturated heterocycles. The first-order valence-electron chi connectivity index (χ1n) is 11.4. The zero-order valence-electron chi connectivity index (χ0n) is 19.7. The molecule has 0 aliphatic carbocycles. The molecule has 5 rings (SSSR count). The second kappa shape index (κ2) is 9.55. The van der Waals surface area contributed by atoms with Crippen LogP contribution in [0.4, 0.5) is 22.0 Å². The molecule has 0 spiro atoms. The largest absolute Gasteiger partial charge is 0.586 e. The lowest BCUT2D eigenvalue weighted by molar-refractivity contribution is -0.287. The molecule has 2 heterocycles. The van der Waals surface area contributed by atoms with Gasteiger partial charge >= 0.3 is 12.5 Å². The second-order valence-electron chi connectivity index (χ2n) is 8.58. The van der Waals surface area contributed by atoms with Gasteiger partial charge in [0.2, 0.25) is 5.82 Å². The van der Waals surface area contributed by atoms with Crippen LogP contribution in [0.25, 0.3) is 11.0 Å². The highest BCUT2D eigenvalue weighted by Crippen LogP contribution is 2.44. The summed E-state index contributed by atoms with van der Waals surface area (Å²) in [5.74, 6) is -2.68. The fraction of sp³-hybridized carbons (Fsp3) is 0.192. The van der Waals surface area contributed by atoms with Gasteiger partial charge in [-0.2, -0.15) is 18.4 Å². The molecule has 1 aliphatic heterocycles. The lowest BCUT2D eigenvalue weighted by Gasteiger charge is -2.17. The van der Waals surface area contributed by atoms with E-state index in [-0.39, 0.29) is 33.7 Å². The van der Waals surface area contributed by atoms with Crippen molar-refractivity contribution in [3.63, 3.8) is 0 Å². The Labute approximate surface area is 216 Å². The molecule has 1 amide bonds. The van der Waals surface area contributed by atoms with Crippen LogP contribution in [0.3, 0.4) is 0 Å². The number of nitrogens with zero attached hydrogens (tertiary/aromatic N) is 3. The number of aliphatic hydroxyl groups excluding tert-OH is 1. The Kier molecular flexibility index (Phi) is 6.35. The molecule has 200 valence electrons. The van der Waals surface area contributed by atoms with Gasteiger partial charge in [-0.05, 0) is 42.0 Å². The highest BCUT2D eigenvalue weighted by atomic mass is 19.4. The lowest BCUT2D eigenvalue weighted by atomic mass is 10.0. The number of imidazole rings is 1. The molecular weight excluding hydrogens is 527 g/mol. The number of ether oxygens (including phenoxy) is 2. The molecular formula is C26H17F5N4O4. The Bertz CT molecular complexity index is 1610. The van der Waals surface area contributed by atoms with E-state index in [4.69, 9.17) is 5.26 Å². The average Bonchev–Trinajstić information content (AvgIpc) is 3.43. The van der Waals surface area contributed by atoms with Gasteiger partial charge in [-0.1, -0.05) is 24.3 Å². The molecule has 8 nitrogen and oxygen atoms in total. The number of fused-ring (bicyclic) bond motifs is 2. The van der Waals surface area contributed by atoms with Crippen molar-refractivity contribution in [1.29, 1.82) is 5.26 Å². The van der Waals surface area contributed by atoms with Gasteiger partial charge < -0.3 is 24.5 Å². The quantitative estimate of drug-likeness (QED) is 0.339. The Balaban J connectivity index is 1.47. The normalized spacial score (nSPS) is 14.7. The van der Waals surface area contributed by atoms with Crippen LogP contribution in [-0.4, -0.2) is 33.5 Å². The van der Waals surface area contributed by atoms with Gasteiger partial charge in [0.15, 0.2) is 11.5 Å². The third-order valence-corrected chi connectivity index (χ3v) is 6.03. The molecule has 39 heavy (non-hydrogen) atoms. The minimum absolute atomic E-state index is 0.00417. The van der Waals surface area contributed by atoms with Crippen LogP contribution in [0, 0.1) is 11.3 Å². The van der Waals surface area contributed by atoms with Crippen molar-refractivity contribution in [2.24, 2.45) is 0 Å². The number of alkyl halides is 5. The highest BCUT2D eigenvalue weighted by molar-refractivity contribution is 5.97. The highest BCUT2D eigenvalue weighted by Gasteiger charge is 2.45. The van der Waals surface area contributed by atoms with Crippen molar-refractivity contribution in [3.8, 4) is 17.6 Å². The Morgan fingerprint density at radius 1 is 1.13 bits per heavy atom. The van der Waals surface area contributed by atoms with Crippen LogP contribution in [0.2, 0.25) is 0 Å². The van der Waals surface area contributed by atoms with E-state index in [0.717, 1.165) is 10.6 Å². The predicted octanol–water partition coefficient (Wildman–Crippen LogP) is 4.76. The topological polar surface area (TPSA) is 109 Å². The fourth-order valence-corrected chi connectivity index (χ4v) is 4.23. The summed E-state index contributed by atoms with van der Waals surface area (Å²) in [6.07, 6.45) is -8.85. The number of aromatic nitrogens is 2. The summed E-state index contributed by atoms with van der Waals surface area (Å²) < 4.78 is 78.6. The lowest BCUT2D eigenvalue weighted by Crippen LogP contribution is -2.30. The standard InChI is InChI=1S/C26H17F5N4O4/c27-25(28,29)24-34-18-10-16(23(37)33-19(13-36)15-6-4-14(11-32)5-7-15)8-9-20(18)35(24)12-17-2-1-3-21-22(17)39-26(30,31)38-21/h1-10,19,36H,12-13H2,(H,33,37). The first-order chi connectivity index (χ1) is 18.5. The minimum atomic E-state index is -4.90. The average molecular weight is 544 g/mol. The third-order valence-electron chi connectivity index (χ3n) is 6.03. The molecule has 1 unspecified atom stereocenters. The van der Waals surface area contributed by atoms with Gasteiger partial charge in [0, 0.05) is 11.1 Å². The van der Waals surface area contributed by atoms with Crippen molar-refractivity contribution >= 4 is 16.9 Å². The maximum absolute atomic E-state index is 13.9. The molecule has 13 heteroatoms. The van der Waals surface area contributed by atoms with Gasteiger partial charge in [-0.15, -0.1) is 8.78 Å². The summed E-state index contributed by atoms with van der Waals surface area (Å²) in [6.45, 7) is -0.996. The first kappa shape index (κ1) is 25.9. The van der Waals surface area contributed by atoms with Crippen molar-refractivity contribution in [2.75, 3.05) is 6.61 Å². The van der Waals surface area contributed by atoms with E-state index < -0.39 is 43.4 Å². The monoisotopic (exact) mass is 544 g/mol. The van der Waals surface area contributed by atoms with E-state index in [1.54, 1.807) is 12.1 Å². The molecule has 4 aromatic rings. The molecule has 1 aromatic heterocycles. The molecule has 1 aliphatic rings. The second-order valence-corrected chi connectivity index (χ2v) is 8.58. The Morgan fingerprint density at radius 3 is 2.54 bits per heavy atom. The molecule has 2 N–H and O–H groups in total. The molecule has 0 bridgehead atoms. The van der Waals surface area contributed by atoms with E-state index in [9.17, 15) is 31.9 Å². The van der Waals surface area contributed by atoms with Gasteiger partial charge in [0.1, 0.15) is 0 Å². The van der Waals surface area contributed by atoms with Gasteiger partial charge in [0.25, 0.3) is 5.91 Å². The van der Waals surface area contributed by atoms with E-state index in [0.29, 0.717) is 11.1 Å². The van der Waals surface area contributed by atoms with Crippen molar-refractivity contribution in [3.05, 3.63) is 88.7 Å². The van der Waals surface area contributed by atoms with E-state index >= 15 is 0 Å². The molecule has 0 fully saturated rings. The number of halogens is 5. The zero-order chi connectivity index (χ0) is 27.9. The number of amides is 1. The van der Waals surface area contributed by atoms with Gasteiger partial charge in [-0.3, -0.25) is 4.79 Å². The smallest absolute Gasteiger partial charge is 0.395 e. The van der Waals surface area contributed by atoms with Gasteiger partial charge in [0.05, 0.1) is 41.9 Å². The zero-order valence-corrected chi connectivity index (χ0v) is 19.7. The third kappa shape index (κ3) is 5.06. The van der Waals surface area contributed by atoms with Crippen LogP contribution in [-0.2, 0) is 12.7 Å². The molecule has 0 saturated carbocycles. The summed E-state index contributed by atoms with van der Waals surface area (Å²) in [5.41, 5.74) is 0.713. The number of carbonyl (C=O) groups is 1. The number of hydrogen-bond acceptors (Lipinski definition) is 6. The summed E-state index contributed by atoms with van der Waals surface area (Å²) in [4.78, 5) is 16.6. The van der Waals surface area contributed by atoms with Crippen LogP contribution >= 0.6 is 0 Å². The molecule has 3 aromatic carbocycles. The number of nitrogens with one attached hydrogen (secondary N) is 1. The van der Waals surface area contributed by atoms with E-state index in [1.807, 2.05) is 6.07 Å². The summed E-state index contributed by atoms with van der Waals surface area (Å²) in [7, 11) is 0. The number of carbonyl (C=O) groups excluding carboxylic acids is 1. The summed E-state index contributed by atoms with van der Waals surface area (Å²) in [6, 6.07) is 14.9. The Morgan fingerprint density at radius 2 is 1.87 bits per heavy atom. The van der Waals surface area contributed by atoms with Crippen LogP contribution in [0.1, 0.15) is 38.9 Å². The number of aliphatic hydroxyl groups is 1. The van der Waals surface area contributed by atoms with Crippen molar-refractivity contribution in [1.82, 2.24) is 14.9 Å². The first-order valence-corrected chi connectivity index (χ1v) is 11.4. The molecule has 0 radical (unpaired) electrons. The number of nitriles is 1. The SMILES string of the molecule is N#Cc1ccc(C(CO)NC(=O)c2ccc3c(c2)nc(C(F)(F)F)n3Cc2cccc3c2OC(F)(F)O3)cc1. The van der Waals surface area contributed by atoms with E-state index in [2.05, 4.69) is 19.8 Å². The number of para-hydroxylation sites is 1. The Hall–Kier alpha value is -4.70. The summed E-state index contributed by atoms with van der Waals surface area (Å²) in [5, 5.41) is 21.3. The maximum Gasteiger partial charge on any atom is 0.586 e. The van der Waals surface area contributed by atoms with Crippen molar-refractivity contribution in [2.45, 2.75) is 25.1 Å². The van der Waals surface area contributed by atoms with Crippen LogP contribution < -0.4 is 14.8 Å².